The number of hydrogen-bond donors (Lipinski definition) is 1. The molecule has 0 aliphatic carbocycles. The average molecular weight is 356 g/mol. The first kappa shape index (κ1) is 17.1. The Labute approximate surface area is 158 Å². The van der Waals surface area contributed by atoms with E-state index in [-0.39, 0.29) is 61.6 Å². The molecule has 0 amide bonds. The van der Waals surface area contributed by atoms with E-state index in [4.69, 9.17) is 5.73 Å². The number of anilines is 1. The number of halogens is 4. The van der Waals surface area contributed by atoms with Crippen molar-refractivity contribution in [1.82, 2.24) is 9.97 Å². The van der Waals surface area contributed by atoms with Crippen molar-refractivity contribution in [3.05, 3.63) is 34.8 Å². The number of nitrogens with zero attached hydrogens (tertiary/aromatic N) is 2. The second kappa shape index (κ2) is 6.68. The van der Waals surface area contributed by atoms with Gasteiger partial charge in [0.25, 0.3) is 0 Å². The molecule has 0 saturated carbocycles. The van der Waals surface area contributed by atoms with Gasteiger partial charge >= 0.3 is 58.4 Å². The molecule has 0 atom stereocenters. The van der Waals surface area contributed by atoms with Gasteiger partial charge in [-0.3, -0.25) is 4.98 Å². The van der Waals surface area contributed by atoms with Crippen molar-refractivity contribution in [3.63, 3.8) is 0 Å². The van der Waals surface area contributed by atoms with Crippen LogP contribution in [0.25, 0.3) is 11.3 Å². The van der Waals surface area contributed by atoms with Crippen LogP contribution >= 0.6 is 15.9 Å². The fourth-order valence-corrected chi connectivity index (χ4v) is 2.15. The van der Waals surface area contributed by atoms with Gasteiger partial charge in [-0.25, -0.2) is 4.98 Å². The number of nitrogens with two attached hydrogens (primary N) is 1. The Morgan fingerprint density at radius 1 is 1.05 bits per heavy atom. The Bertz CT molecular complexity index is 580. The van der Waals surface area contributed by atoms with Crippen LogP contribution in [0.2, 0.25) is 0 Å². The summed E-state index contributed by atoms with van der Waals surface area (Å²) in [6.45, 7) is -5.24. The Morgan fingerprint density at radius 3 is 2.16 bits per heavy atom. The van der Waals surface area contributed by atoms with Crippen LogP contribution < -0.4 is 62.7 Å². The number of aromatic nitrogens is 2. The summed E-state index contributed by atoms with van der Waals surface area (Å²) in [5.74, 6) is -0.397. The van der Waals surface area contributed by atoms with Gasteiger partial charge in [-0.05, 0) is 0 Å². The predicted octanol–water partition coefficient (Wildman–Crippen LogP) is -0.453. The maximum atomic E-state index is 12.8. The van der Waals surface area contributed by atoms with Crippen LogP contribution in [-0.4, -0.2) is 16.9 Å². The number of benzene rings is 1. The molecule has 0 saturated heterocycles. The molecule has 1 heterocycles. The molecule has 1 aromatic carbocycles. The van der Waals surface area contributed by atoms with Gasteiger partial charge < -0.3 is 18.7 Å². The minimum atomic E-state index is -5.24. The number of rotatable bonds is 2. The molecule has 9 heteroatoms. The van der Waals surface area contributed by atoms with Gasteiger partial charge in [-0.15, -0.1) is 0 Å². The molecule has 94 valence electrons. The van der Waals surface area contributed by atoms with Gasteiger partial charge in [0.2, 0.25) is 5.95 Å². The summed E-state index contributed by atoms with van der Waals surface area (Å²) in [5, 5.41) is 0. The van der Waals surface area contributed by atoms with E-state index in [0.29, 0.717) is 5.56 Å². The fourth-order valence-electron chi connectivity index (χ4n) is 1.49. The smallest absolute Gasteiger partial charge is 0.444 e. The zero-order chi connectivity index (χ0) is 13.3. The van der Waals surface area contributed by atoms with Crippen LogP contribution in [0.3, 0.4) is 0 Å². The van der Waals surface area contributed by atoms with E-state index in [0.717, 1.165) is 0 Å². The molecule has 2 aromatic rings. The topological polar surface area (TPSA) is 51.8 Å². The first-order chi connectivity index (χ1) is 8.39. The molecule has 0 fully saturated rings. The van der Waals surface area contributed by atoms with E-state index in [1.165, 1.54) is 0 Å². The summed E-state index contributed by atoms with van der Waals surface area (Å²) < 4.78 is 38.2. The molecule has 0 aliphatic rings. The average Bonchev–Trinajstić information content (AvgIpc) is 2.31. The zero-order valence-corrected chi connectivity index (χ0v) is 14.7. The Hall–Kier alpha value is 0.0713. The van der Waals surface area contributed by atoms with Crippen molar-refractivity contribution in [2.75, 3.05) is 5.73 Å². The Morgan fingerprint density at radius 2 is 1.63 bits per heavy atom. The quantitative estimate of drug-likeness (QED) is 0.742. The monoisotopic (exact) mass is 355 g/mol. The van der Waals surface area contributed by atoms with Gasteiger partial charge in [0.05, 0.1) is 5.69 Å². The minimum absolute atomic E-state index is 0. The van der Waals surface area contributed by atoms with Crippen molar-refractivity contribution in [1.29, 1.82) is 0 Å². The van der Waals surface area contributed by atoms with E-state index in [9.17, 15) is 12.9 Å². The number of hydrogen-bond acceptors (Lipinski definition) is 3. The van der Waals surface area contributed by atoms with E-state index < -0.39 is 18.5 Å². The van der Waals surface area contributed by atoms with E-state index in [1.54, 1.807) is 30.3 Å². The standard InChI is InChI=1S/C10H7BBrF3N3.K/c12-7-8(6-4-2-1-3-5-6)17-10(16)18-9(7)11(13,14)15;/h1-5H,(H2,16,17,18);/q-1;+1. The second-order valence-corrected chi connectivity index (χ2v) is 4.36. The van der Waals surface area contributed by atoms with Crippen molar-refractivity contribution < 1.29 is 64.3 Å². The molecule has 0 radical (unpaired) electrons. The van der Waals surface area contributed by atoms with Gasteiger partial charge in [-0.1, -0.05) is 46.3 Å². The normalized spacial score (nSPS) is 10.9. The van der Waals surface area contributed by atoms with E-state index >= 15 is 0 Å². The van der Waals surface area contributed by atoms with Crippen LogP contribution in [0.4, 0.5) is 18.9 Å². The molecule has 0 spiro atoms. The summed E-state index contributed by atoms with van der Waals surface area (Å²) >= 11 is 2.90. The molecule has 2 rings (SSSR count). The van der Waals surface area contributed by atoms with E-state index in [1.807, 2.05) is 0 Å². The molecule has 19 heavy (non-hydrogen) atoms. The molecule has 0 bridgehead atoms. The maximum Gasteiger partial charge on any atom is 1.00 e. The number of nitrogen functional groups attached to an aromatic ring is 1. The molecule has 0 aliphatic heterocycles. The summed E-state index contributed by atoms with van der Waals surface area (Å²) in [5.41, 5.74) is 4.99. The predicted molar refractivity (Wildman–Crippen MR) is 68.3 cm³/mol. The summed E-state index contributed by atoms with van der Waals surface area (Å²) in [6, 6.07) is 8.48. The summed E-state index contributed by atoms with van der Waals surface area (Å²) in [7, 11) is 0. The van der Waals surface area contributed by atoms with Crippen LogP contribution in [0.5, 0.6) is 0 Å². The third-order valence-corrected chi connectivity index (χ3v) is 3.03. The SMILES string of the molecule is Nc1nc(-c2ccccc2)c(Br)c([B-](F)(F)F)n1.[K+]. The molecular formula is C10H7BBrF3KN3. The maximum absolute atomic E-state index is 12.8. The van der Waals surface area contributed by atoms with Crippen LogP contribution in [0.1, 0.15) is 0 Å². The minimum Gasteiger partial charge on any atom is -0.444 e. The first-order valence-corrected chi connectivity index (χ1v) is 5.77. The molecule has 3 nitrogen and oxygen atoms in total. The second-order valence-electron chi connectivity index (χ2n) is 3.57. The van der Waals surface area contributed by atoms with Crippen molar-refractivity contribution in [3.8, 4) is 11.3 Å². The van der Waals surface area contributed by atoms with Gasteiger partial charge in [-0.2, -0.15) is 0 Å². The summed E-state index contributed by atoms with van der Waals surface area (Å²) in [4.78, 5) is 7.10. The van der Waals surface area contributed by atoms with Crippen LogP contribution in [0, 0.1) is 0 Å². The molecule has 0 unspecified atom stereocenters. The van der Waals surface area contributed by atoms with Crippen LogP contribution in [-0.2, 0) is 0 Å². The van der Waals surface area contributed by atoms with Gasteiger partial charge in [0.1, 0.15) is 0 Å². The van der Waals surface area contributed by atoms with Crippen molar-refractivity contribution in [2.24, 2.45) is 0 Å². The molecule has 1 aromatic heterocycles. The summed E-state index contributed by atoms with van der Waals surface area (Å²) in [6.07, 6.45) is 0. The van der Waals surface area contributed by atoms with Gasteiger partial charge in [0.15, 0.2) is 0 Å². The van der Waals surface area contributed by atoms with Crippen LogP contribution in [0.15, 0.2) is 34.8 Å². The van der Waals surface area contributed by atoms with Gasteiger partial charge in [0, 0.05) is 15.6 Å². The third-order valence-electron chi connectivity index (χ3n) is 2.25. The fraction of sp³-hybridized carbons (Fsp3) is 0. The van der Waals surface area contributed by atoms with Crippen molar-refractivity contribution in [2.45, 2.75) is 0 Å². The largest absolute Gasteiger partial charge is 1.00 e. The molecular weight excluding hydrogens is 349 g/mol. The van der Waals surface area contributed by atoms with Crippen molar-refractivity contribution >= 4 is 34.4 Å². The third kappa shape index (κ3) is 4.02. The van der Waals surface area contributed by atoms with E-state index in [2.05, 4.69) is 25.9 Å². The first-order valence-electron chi connectivity index (χ1n) is 4.98. The zero-order valence-electron chi connectivity index (χ0n) is 9.95. The molecule has 2 N–H and O–H groups in total. The Kier molecular flexibility index (Phi) is 6.02. The Balaban J connectivity index is 0.00000180.